The molecule has 2 fully saturated rings. The fraction of sp³-hybridized carbons (Fsp3) is 0.667. The van der Waals surface area contributed by atoms with E-state index in [1.54, 1.807) is 6.20 Å². The Morgan fingerprint density at radius 2 is 2.35 bits per heavy atom. The molecule has 0 aliphatic carbocycles. The molecule has 0 saturated carbocycles. The average Bonchev–Trinajstić information content (AvgIpc) is 2.52. The van der Waals surface area contributed by atoms with Crippen LogP contribution >= 0.6 is 0 Å². The Morgan fingerprint density at radius 3 is 3.09 bits per heavy atom. The van der Waals surface area contributed by atoms with E-state index in [1.807, 2.05) is 24.1 Å². The Morgan fingerprint density at radius 1 is 1.52 bits per heavy atom. The summed E-state index contributed by atoms with van der Waals surface area (Å²) in [5, 5.41) is 0. The summed E-state index contributed by atoms with van der Waals surface area (Å²) < 4.78 is 12.1. The van der Waals surface area contributed by atoms with Crippen LogP contribution in [0.25, 0.3) is 0 Å². The zero-order valence-corrected chi connectivity index (χ0v) is 14.1. The minimum atomic E-state index is -0.170. The number of aromatic nitrogens is 1. The molecular formula is C18H26N2O3. The van der Waals surface area contributed by atoms with Gasteiger partial charge in [0.1, 0.15) is 5.60 Å². The third-order valence-electron chi connectivity index (χ3n) is 4.84. The second-order valence-corrected chi connectivity index (χ2v) is 6.76. The number of aryl methyl sites for hydroxylation is 1. The predicted octanol–water partition coefficient (Wildman–Crippen LogP) is 2.47. The van der Waals surface area contributed by atoms with Crippen molar-refractivity contribution in [1.82, 2.24) is 9.88 Å². The van der Waals surface area contributed by atoms with Crippen molar-refractivity contribution in [1.29, 1.82) is 0 Å². The van der Waals surface area contributed by atoms with Crippen LogP contribution in [0.4, 0.5) is 0 Å². The number of carbonyl (C=O) groups excluding carboxylic acids is 1. The van der Waals surface area contributed by atoms with E-state index >= 15 is 0 Å². The molecule has 5 heteroatoms. The number of hydrogen-bond acceptors (Lipinski definition) is 4. The largest absolute Gasteiger partial charge is 0.373 e. The molecule has 3 rings (SSSR count). The maximum Gasteiger partial charge on any atom is 0.222 e. The molecule has 2 aliphatic heterocycles. The van der Waals surface area contributed by atoms with Gasteiger partial charge >= 0.3 is 0 Å². The summed E-state index contributed by atoms with van der Waals surface area (Å²) in [7, 11) is 0. The van der Waals surface area contributed by atoms with Gasteiger partial charge in [-0.25, -0.2) is 0 Å². The molecule has 126 valence electrons. The molecule has 0 aromatic carbocycles. The zero-order valence-electron chi connectivity index (χ0n) is 14.1. The second kappa shape index (κ2) is 6.97. The first-order valence-corrected chi connectivity index (χ1v) is 8.55. The maximum absolute atomic E-state index is 11.9. The van der Waals surface area contributed by atoms with Gasteiger partial charge in [0.25, 0.3) is 0 Å². The Kier molecular flexibility index (Phi) is 4.97. The highest BCUT2D eigenvalue weighted by molar-refractivity contribution is 5.77. The number of ether oxygens (including phenoxy) is 2. The minimum absolute atomic E-state index is 0.170. The smallest absolute Gasteiger partial charge is 0.222 e. The van der Waals surface area contributed by atoms with E-state index in [9.17, 15) is 4.79 Å². The van der Waals surface area contributed by atoms with E-state index in [2.05, 4.69) is 11.9 Å². The van der Waals surface area contributed by atoms with E-state index in [-0.39, 0.29) is 17.6 Å². The van der Waals surface area contributed by atoms with Crippen LogP contribution in [0.2, 0.25) is 0 Å². The number of amides is 1. The van der Waals surface area contributed by atoms with E-state index < -0.39 is 0 Å². The van der Waals surface area contributed by atoms with Crippen molar-refractivity contribution in [3.63, 3.8) is 0 Å². The summed E-state index contributed by atoms with van der Waals surface area (Å²) >= 11 is 0. The third kappa shape index (κ3) is 3.72. The highest BCUT2D eigenvalue weighted by Gasteiger charge is 2.49. The van der Waals surface area contributed by atoms with Gasteiger partial charge in [-0.15, -0.1) is 0 Å². The van der Waals surface area contributed by atoms with Crippen LogP contribution in [0.15, 0.2) is 18.5 Å². The zero-order chi connectivity index (χ0) is 16.3. The van der Waals surface area contributed by atoms with Crippen molar-refractivity contribution >= 4 is 5.91 Å². The molecule has 0 radical (unpaired) electrons. The molecule has 23 heavy (non-hydrogen) atoms. The second-order valence-electron chi connectivity index (χ2n) is 6.76. The Hall–Kier alpha value is -1.46. The average molecular weight is 318 g/mol. The molecule has 0 N–H and O–H groups in total. The van der Waals surface area contributed by atoms with Gasteiger partial charge in [-0.1, -0.05) is 6.92 Å². The molecule has 1 spiro atoms. The Labute approximate surface area is 138 Å². The molecule has 0 bridgehead atoms. The number of pyridine rings is 1. The van der Waals surface area contributed by atoms with Crippen molar-refractivity contribution < 1.29 is 14.3 Å². The molecule has 1 aromatic heterocycles. The van der Waals surface area contributed by atoms with Crippen molar-refractivity contribution in [3.8, 4) is 0 Å². The van der Waals surface area contributed by atoms with Crippen LogP contribution in [0.5, 0.6) is 0 Å². The first kappa shape index (κ1) is 16.4. The number of carbonyl (C=O) groups is 1. The van der Waals surface area contributed by atoms with Crippen molar-refractivity contribution in [3.05, 3.63) is 29.6 Å². The lowest BCUT2D eigenvalue weighted by Crippen LogP contribution is -2.67. The van der Waals surface area contributed by atoms with Crippen LogP contribution in [0, 0.1) is 6.92 Å². The van der Waals surface area contributed by atoms with Crippen molar-refractivity contribution in [2.45, 2.75) is 57.8 Å². The Bertz CT molecular complexity index is 555. The molecule has 1 amide bonds. The fourth-order valence-electron chi connectivity index (χ4n) is 3.40. The fourth-order valence-corrected chi connectivity index (χ4v) is 3.40. The molecular weight excluding hydrogens is 292 g/mol. The van der Waals surface area contributed by atoms with E-state index in [4.69, 9.17) is 9.47 Å². The molecule has 5 nitrogen and oxygen atoms in total. The Balaban J connectivity index is 1.50. The summed E-state index contributed by atoms with van der Waals surface area (Å²) in [4.78, 5) is 18.0. The molecule has 2 aliphatic rings. The van der Waals surface area contributed by atoms with Crippen molar-refractivity contribution in [2.75, 3.05) is 19.7 Å². The van der Waals surface area contributed by atoms with Gasteiger partial charge in [0.15, 0.2) is 0 Å². The van der Waals surface area contributed by atoms with Gasteiger partial charge in [-0.3, -0.25) is 9.78 Å². The van der Waals surface area contributed by atoms with Crippen LogP contribution in [-0.2, 0) is 20.9 Å². The first-order valence-electron chi connectivity index (χ1n) is 8.55. The van der Waals surface area contributed by atoms with E-state index in [0.29, 0.717) is 19.6 Å². The van der Waals surface area contributed by atoms with Gasteiger partial charge < -0.3 is 14.4 Å². The molecule has 1 unspecified atom stereocenters. The lowest BCUT2D eigenvalue weighted by molar-refractivity contribution is -0.202. The number of likely N-dealkylation sites (tertiary alicyclic amines) is 1. The van der Waals surface area contributed by atoms with Crippen molar-refractivity contribution in [2.24, 2.45) is 0 Å². The molecule has 2 saturated heterocycles. The topological polar surface area (TPSA) is 51.7 Å². The van der Waals surface area contributed by atoms with Gasteiger partial charge in [-0.05, 0) is 37.0 Å². The summed E-state index contributed by atoms with van der Waals surface area (Å²) in [6, 6.07) is 2.01. The first-order chi connectivity index (χ1) is 11.1. The molecule has 1 aromatic rings. The van der Waals surface area contributed by atoms with Crippen LogP contribution in [0.1, 0.15) is 43.7 Å². The van der Waals surface area contributed by atoms with Gasteiger partial charge in [-0.2, -0.15) is 0 Å². The maximum atomic E-state index is 11.9. The lowest BCUT2D eigenvalue weighted by Gasteiger charge is -2.53. The van der Waals surface area contributed by atoms with Crippen LogP contribution in [-0.4, -0.2) is 47.2 Å². The lowest BCUT2D eigenvalue weighted by atomic mass is 9.84. The van der Waals surface area contributed by atoms with E-state index in [1.165, 1.54) is 5.56 Å². The molecule has 3 heterocycles. The van der Waals surface area contributed by atoms with E-state index in [0.717, 1.165) is 37.9 Å². The van der Waals surface area contributed by atoms with Gasteiger partial charge in [0.2, 0.25) is 5.91 Å². The number of nitrogens with zero attached hydrogens (tertiary/aromatic N) is 2. The van der Waals surface area contributed by atoms with Gasteiger partial charge in [0.05, 0.1) is 25.8 Å². The molecule has 1 atom stereocenters. The van der Waals surface area contributed by atoms with Crippen LogP contribution < -0.4 is 0 Å². The quantitative estimate of drug-likeness (QED) is 0.837. The SMILES string of the molecule is CCCC(=O)N1CC2(CC(OCc3cnccc3C)CCO2)C1. The summed E-state index contributed by atoms with van der Waals surface area (Å²) in [6.07, 6.45) is 7.21. The van der Waals surface area contributed by atoms with Gasteiger partial charge in [0, 0.05) is 31.8 Å². The highest BCUT2D eigenvalue weighted by Crippen LogP contribution is 2.36. The number of rotatable bonds is 5. The van der Waals surface area contributed by atoms with Crippen LogP contribution in [0.3, 0.4) is 0 Å². The number of hydrogen-bond donors (Lipinski definition) is 0. The standard InChI is InChI=1S/C18H26N2O3/c1-3-4-17(21)20-12-18(13-20)9-16(6-8-23-18)22-11-15-10-19-7-5-14(15)2/h5,7,10,16H,3-4,6,8-9,11-13H2,1-2H3. The predicted molar refractivity (Wildman–Crippen MR) is 87.0 cm³/mol. The normalized spacial score (nSPS) is 22.9. The highest BCUT2D eigenvalue weighted by atomic mass is 16.5. The summed E-state index contributed by atoms with van der Waals surface area (Å²) in [6.45, 7) is 6.87. The summed E-state index contributed by atoms with van der Waals surface area (Å²) in [5.74, 6) is 0.246. The minimum Gasteiger partial charge on any atom is -0.373 e. The third-order valence-corrected chi connectivity index (χ3v) is 4.84. The summed E-state index contributed by atoms with van der Waals surface area (Å²) in [5.41, 5.74) is 2.18. The monoisotopic (exact) mass is 318 g/mol.